The molecule has 1 saturated carbocycles. The van der Waals surface area contributed by atoms with Crippen molar-refractivity contribution in [3.05, 3.63) is 69.1 Å². The molecular formula is C22H23ClN4O5S. The van der Waals surface area contributed by atoms with Crippen LogP contribution in [0.15, 0.2) is 47.4 Å². The highest BCUT2D eigenvalue weighted by atomic mass is 35.5. The van der Waals surface area contributed by atoms with E-state index in [1.165, 1.54) is 30.9 Å². The molecule has 2 heterocycles. The molecule has 0 unspecified atom stereocenters. The van der Waals surface area contributed by atoms with Crippen LogP contribution in [-0.4, -0.2) is 42.3 Å². The monoisotopic (exact) mass is 490 g/mol. The zero-order chi connectivity index (χ0) is 23.8. The van der Waals surface area contributed by atoms with Crippen LogP contribution in [0.2, 0.25) is 5.02 Å². The van der Waals surface area contributed by atoms with Crippen LogP contribution in [-0.2, 0) is 23.6 Å². The van der Waals surface area contributed by atoms with Gasteiger partial charge in [-0.05, 0) is 43.7 Å². The van der Waals surface area contributed by atoms with E-state index in [0.29, 0.717) is 34.6 Å². The molecule has 33 heavy (non-hydrogen) atoms. The smallest absolute Gasteiger partial charge is 0.263 e. The Balaban J connectivity index is 1.59. The third-order valence-electron chi connectivity index (χ3n) is 5.82. The van der Waals surface area contributed by atoms with Gasteiger partial charge >= 0.3 is 0 Å². The Bertz CT molecular complexity index is 1380. The van der Waals surface area contributed by atoms with E-state index >= 15 is 0 Å². The molecule has 4 rings (SSSR count). The van der Waals surface area contributed by atoms with E-state index in [1.54, 1.807) is 30.3 Å². The number of fused-ring (bicyclic) bond motifs is 1. The van der Waals surface area contributed by atoms with Crippen LogP contribution < -0.4 is 20.3 Å². The average Bonchev–Trinajstić information content (AvgIpc) is 3.61. The predicted octanol–water partition coefficient (Wildman–Crippen LogP) is 1.98. The van der Waals surface area contributed by atoms with Crippen LogP contribution in [0.25, 0.3) is 11.0 Å². The van der Waals surface area contributed by atoms with Gasteiger partial charge in [0, 0.05) is 30.9 Å². The topological polar surface area (TPSA) is 119 Å². The number of halogens is 1. The van der Waals surface area contributed by atoms with Gasteiger partial charge in [-0.3, -0.25) is 14.6 Å². The van der Waals surface area contributed by atoms with Crippen LogP contribution in [0.4, 0.5) is 0 Å². The summed E-state index contributed by atoms with van der Waals surface area (Å²) in [5, 5.41) is 3.32. The van der Waals surface area contributed by atoms with Crippen molar-refractivity contribution in [2.24, 2.45) is 7.05 Å². The zero-order valence-electron chi connectivity index (χ0n) is 18.1. The van der Waals surface area contributed by atoms with E-state index in [2.05, 4.69) is 15.0 Å². The second kappa shape index (κ2) is 8.77. The standard InChI is InChI=1S/C22H23ClN4O5S/c1-24-33(30,31)22(8-9-22)13-32-18-7-10-25-17-11-16(21(29)27(2)19(17)18)20(28)26-12-14-3-5-15(23)6-4-14/h3-7,10-11,24H,8-9,12-13H2,1-2H3,(H,26,28). The number of nitrogens with zero attached hydrogens (tertiary/aromatic N) is 2. The molecule has 0 bridgehead atoms. The SMILES string of the molecule is CNS(=O)(=O)C1(COc2ccnc3cc(C(=O)NCc4ccc(Cl)cc4)c(=O)n(C)c23)CC1. The van der Waals surface area contributed by atoms with Crippen molar-refractivity contribution in [1.29, 1.82) is 0 Å². The maximum Gasteiger partial charge on any atom is 0.263 e. The Morgan fingerprint density at radius 2 is 1.94 bits per heavy atom. The summed E-state index contributed by atoms with van der Waals surface area (Å²) in [5.41, 5.74) is 1.03. The normalized spacial score (nSPS) is 14.8. The Morgan fingerprint density at radius 3 is 2.58 bits per heavy atom. The van der Waals surface area contributed by atoms with Crippen molar-refractivity contribution in [1.82, 2.24) is 19.6 Å². The van der Waals surface area contributed by atoms with Gasteiger partial charge in [-0.25, -0.2) is 13.1 Å². The molecule has 1 amide bonds. The van der Waals surface area contributed by atoms with Crippen molar-refractivity contribution < 1.29 is 17.9 Å². The fraction of sp³-hybridized carbons (Fsp3) is 0.318. The third kappa shape index (κ3) is 4.46. The van der Waals surface area contributed by atoms with Crippen molar-refractivity contribution in [2.75, 3.05) is 13.7 Å². The summed E-state index contributed by atoms with van der Waals surface area (Å²) < 4.78 is 33.1. The fourth-order valence-electron chi connectivity index (χ4n) is 3.59. The fourth-order valence-corrected chi connectivity index (χ4v) is 5.00. The number of carbonyl (C=O) groups is 1. The molecule has 1 fully saturated rings. The number of benzene rings is 1. The highest BCUT2D eigenvalue weighted by Gasteiger charge is 2.55. The highest BCUT2D eigenvalue weighted by molar-refractivity contribution is 7.91. The van der Waals surface area contributed by atoms with Crippen molar-refractivity contribution in [3.63, 3.8) is 0 Å². The lowest BCUT2D eigenvalue weighted by Gasteiger charge is -2.18. The molecule has 1 aliphatic carbocycles. The summed E-state index contributed by atoms with van der Waals surface area (Å²) in [6.07, 6.45) is 2.48. The Kier molecular flexibility index (Phi) is 6.17. The number of aromatic nitrogens is 2. The maximum atomic E-state index is 12.9. The molecule has 0 saturated heterocycles. The molecule has 1 aromatic carbocycles. The minimum atomic E-state index is -3.50. The number of hydrogen-bond acceptors (Lipinski definition) is 6. The molecule has 174 valence electrons. The largest absolute Gasteiger partial charge is 0.490 e. The van der Waals surface area contributed by atoms with E-state index in [9.17, 15) is 18.0 Å². The first-order valence-electron chi connectivity index (χ1n) is 10.2. The van der Waals surface area contributed by atoms with Crippen molar-refractivity contribution in [2.45, 2.75) is 24.1 Å². The molecule has 2 N–H and O–H groups in total. The number of amides is 1. The van der Waals surface area contributed by atoms with Crippen LogP contribution in [0, 0.1) is 0 Å². The Labute approximate surface area is 195 Å². The van der Waals surface area contributed by atoms with E-state index in [4.69, 9.17) is 16.3 Å². The molecule has 9 nitrogen and oxygen atoms in total. The first-order chi connectivity index (χ1) is 15.7. The van der Waals surface area contributed by atoms with Crippen LogP contribution >= 0.6 is 11.6 Å². The number of nitrogens with one attached hydrogen (secondary N) is 2. The Hall–Kier alpha value is -2.95. The summed E-state index contributed by atoms with van der Waals surface area (Å²) in [5.74, 6) is -0.206. The predicted molar refractivity (Wildman–Crippen MR) is 125 cm³/mol. The van der Waals surface area contributed by atoms with Gasteiger partial charge in [-0.15, -0.1) is 0 Å². The molecule has 2 aromatic heterocycles. The van der Waals surface area contributed by atoms with E-state index in [-0.39, 0.29) is 18.7 Å². The number of sulfonamides is 1. The lowest BCUT2D eigenvalue weighted by molar-refractivity contribution is 0.0949. The number of hydrogen-bond donors (Lipinski definition) is 2. The summed E-state index contributed by atoms with van der Waals surface area (Å²) in [4.78, 5) is 29.9. The summed E-state index contributed by atoms with van der Waals surface area (Å²) >= 11 is 5.88. The molecule has 0 spiro atoms. The molecule has 1 aliphatic rings. The van der Waals surface area contributed by atoms with Crippen molar-refractivity contribution in [3.8, 4) is 5.75 Å². The second-order valence-electron chi connectivity index (χ2n) is 7.95. The van der Waals surface area contributed by atoms with Gasteiger partial charge in [0.05, 0.1) is 5.52 Å². The van der Waals surface area contributed by atoms with Crippen LogP contribution in [0.3, 0.4) is 0 Å². The van der Waals surface area contributed by atoms with E-state index in [0.717, 1.165) is 5.56 Å². The number of rotatable bonds is 8. The average molecular weight is 491 g/mol. The molecule has 0 atom stereocenters. The van der Waals surface area contributed by atoms with Gasteiger partial charge < -0.3 is 14.6 Å². The summed E-state index contributed by atoms with van der Waals surface area (Å²) in [6.45, 7) is 0.183. The maximum absolute atomic E-state index is 12.9. The van der Waals surface area contributed by atoms with Crippen LogP contribution in [0.5, 0.6) is 5.75 Å². The lowest BCUT2D eigenvalue weighted by Crippen LogP contribution is -2.38. The molecule has 0 radical (unpaired) electrons. The molecule has 3 aromatic rings. The van der Waals surface area contributed by atoms with Gasteiger partial charge in [0.25, 0.3) is 11.5 Å². The molecular weight excluding hydrogens is 468 g/mol. The van der Waals surface area contributed by atoms with Gasteiger partial charge in [0.15, 0.2) is 0 Å². The summed E-state index contributed by atoms with van der Waals surface area (Å²) in [6, 6.07) is 10.00. The summed E-state index contributed by atoms with van der Waals surface area (Å²) in [7, 11) is -0.602. The number of ether oxygens (including phenoxy) is 1. The molecule has 0 aliphatic heterocycles. The zero-order valence-corrected chi connectivity index (χ0v) is 19.7. The van der Waals surface area contributed by atoms with E-state index < -0.39 is 26.2 Å². The van der Waals surface area contributed by atoms with Gasteiger partial charge in [0.1, 0.15) is 28.2 Å². The van der Waals surface area contributed by atoms with E-state index in [1.807, 2.05) is 0 Å². The third-order valence-corrected chi connectivity index (χ3v) is 8.27. The quantitative estimate of drug-likeness (QED) is 0.498. The van der Waals surface area contributed by atoms with Gasteiger partial charge in [-0.1, -0.05) is 23.7 Å². The number of carbonyl (C=O) groups excluding carboxylic acids is 1. The van der Waals surface area contributed by atoms with Gasteiger partial charge in [0.2, 0.25) is 10.0 Å². The highest BCUT2D eigenvalue weighted by Crippen LogP contribution is 2.43. The first-order valence-corrected chi connectivity index (χ1v) is 12.1. The molecule has 11 heteroatoms. The lowest BCUT2D eigenvalue weighted by atomic mass is 10.2. The minimum Gasteiger partial charge on any atom is -0.490 e. The van der Waals surface area contributed by atoms with Gasteiger partial charge in [-0.2, -0.15) is 0 Å². The minimum absolute atomic E-state index is 0.0488. The van der Waals surface area contributed by atoms with Crippen LogP contribution in [0.1, 0.15) is 28.8 Å². The number of pyridine rings is 2. The number of aryl methyl sites for hydroxylation is 1. The van der Waals surface area contributed by atoms with Crippen molar-refractivity contribution >= 4 is 38.6 Å². The Morgan fingerprint density at radius 1 is 1.24 bits per heavy atom. The first kappa shape index (κ1) is 23.2. The second-order valence-corrected chi connectivity index (χ2v) is 10.7.